The van der Waals surface area contributed by atoms with Gasteiger partial charge in [-0.05, 0) is 37.2 Å². The van der Waals surface area contributed by atoms with E-state index in [1.165, 1.54) is 23.9 Å². The summed E-state index contributed by atoms with van der Waals surface area (Å²) in [5.74, 6) is 1.90. The lowest BCUT2D eigenvalue weighted by Crippen LogP contribution is -2.19. The monoisotopic (exact) mass is 231 g/mol. The molecule has 0 amide bonds. The van der Waals surface area contributed by atoms with Crippen LogP contribution >= 0.6 is 0 Å². The second kappa shape index (κ2) is 4.02. The quantitative estimate of drug-likeness (QED) is 0.620. The van der Waals surface area contributed by atoms with Gasteiger partial charge in [0.15, 0.2) is 0 Å². The molecule has 3 unspecified atom stereocenters. The summed E-state index contributed by atoms with van der Waals surface area (Å²) in [6.07, 6.45) is 9.86. The summed E-state index contributed by atoms with van der Waals surface area (Å²) in [5, 5.41) is 21.9. The predicted molar refractivity (Wildman–Crippen MR) is 65.8 cm³/mol. The van der Waals surface area contributed by atoms with Crippen molar-refractivity contribution in [1.82, 2.24) is 9.78 Å². The summed E-state index contributed by atoms with van der Waals surface area (Å²) in [5.41, 5.74) is 0.560. The van der Waals surface area contributed by atoms with Crippen molar-refractivity contribution in [3.8, 4) is 0 Å². The molecule has 2 fully saturated rings. The average Bonchev–Trinajstić information content (AvgIpc) is 3.05. The average molecular weight is 231 g/mol. The molecule has 1 aromatic rings. The Hall–Kier alpha value is -1.58. The first kappa shape index (κ1) is 10.6. The van der Waals surface area contributed by atoms with Gasteiger partial charge < -0.3 is 10.5 Å². The predicted octanol–water partition coefficient (Wildman–Crippen LogP) is 2.70. The maximum atomic E-state index is 9.83. The van der Waals surface area contributed by atoms with Crippen LogP contribution in [0.4, 0.5) is 0 Å². The van der Waals surface area contributed by atoms with Crippen LogP contribution in [-0.2, 0) is 0 Å². The molecule has 4 heteroatoms. The molecule has 1 aromatic heterocycles. The van der Waals surface area contributed by atoms with Crippen molar-refractivity contribution >= 4 is 11.6 Å². The van der Waals surface area contributed by atoms with Gasteiger partial charge in [-0.1, -0.05) is 6.42 Å². The van der Waals surface area contributed by atoms with E-state index in [0.717, 1.165) is 12.3 Å². The van der Waals surface area contributed by atoms with Gasteiger partial charge in [-0.25, -0.2) is 4.68 Å². The largest absolute Gasteiger partial charge is 0.493 e. The Morgan fingerprint density at radius 3 is 2.88 bits per heavy atom. The standard InChI is InChI=1S/C13H17N3O/c14-12(8-13(17)16-5-1-4-15-16)11-7-9-2-3-10(11)6-9/h1,4-5,8-11,14,17H,2-3,6-7H2/b13-8+,14-12?. The third-order valence-electron chi connectivity index (χ3n) is 4.16. The number of aliphatic hydroxyl groups is 1. The van der Waals surface area contributed by atoms with E-state index in [-0.39, 0.29) is 5.88 Å². The molecule has 1 heterocycles. The summed E-state index contributed by atoms with van der Waals surface area (Å²) in [6, 6.07) is 1.76. The van der Waals surface area contributed by atoms with Crippen LogP contribution in [0.3, 0.4) is 0 Å². The smallest absolute Gasteiger partial charge is 0.213 e. The highest BCUT2D eigenvalue weighted by Gasteiger charge is 2.40. The van der Waals surface area contributed by atoms with Crippen LogP contribution in [0.5, 0.6) is 0 Å². The molecule has 3 atom stereocenters. The van der Waals surface area contributed by atoms with E-state index in [9.17, 15) is 5.11 Å². The summed E-state index contributed by atoms with van der Waals surface area (Å²) in [7, 11) is 0. The van der Waals surface area contributed by atoms with E-state index in [0.29, 0.717) is 17.5 Å². The van der Waals surface area contributed by atoms with Gasteiger partial charge in [-0.3, -0.25) is 0 Å². The Bertz CT molecular complexity index is 449. The number of fused-ring (bicyclic) bond motifs is 2. The molecule has 0 saturated heterocycles. The maximum absolute atomic E-state index is 9.83. The van der Waals surface area contributed by atoms with Crippen molar-refractivity contribution in [3.63, 3.8) is 0 Å². The van der Waals surface area contributed by atoms with Gasteiger partial charge in [-0.2, -0.15) is 5.10 Å². The number of allylic oxidation sites excluding steroid dienone is 1. The zero-order valence-electron chi connectivity index (χ0n) is 9.71. The van der Waals surface area contributed by atoms with E-state index in [4.69, 9.17) is 5.41 Å². The molecule has 2 aliphatic rings. The number of rotatable bonds is 3. The van der Waals surface area contributed by atoms with Crippen LogP contribution in [0.25, 0.3) is 5.88 Å². The van der Waals surface area contributed by atoms with Crippen LogP contribution in [0.15, 0.2) is 24.5 Å². The molecule has 90 valence electrons. The molecule has 2 saturated carbocycles. The number of aliphatic hydroxyl groups excluding tert-OH is 1. The minimum absolute atomic E-state index is 0.0442. The first-order valence-corrected chi connectivity index (χ1v) is 6.23. The van der Waals surface area contributed by atoms with Crippen molar-refractivity contribution in [1.29, 1.82) is 5.41 Å². The molecular formula is C13H17N3O. The third kappa shape index (κ3) is 1.88. The highest BCUT2D eigenvalue weighted by atomic mass is 16.3. The third-order valence-corrected chi connectivity index (χ3v) is 4.16. The topological polar surface area (TPSA) is 61.9 Å². The van der Waals surface area contributed by atoms with Crippen molar-refractivity contribution in [2.75, 3.05) is 0 Å². The lowest BCUT2D eigenvalue weighted by atomic mass is 9.85. The highest BCUT2D eigenvalue weighted by Crippen LogP contribution is 2.48. The minimum Gasteiger partial charge on any atom is -0.493 e. The lowest BCUT2D eigenvalue weighted by molar-refractivity contribution is 0.413. The van der Waals surface area contributed by atoms with Crippen LogP contribution < -0.4 is 0 Å². The molecule has 2 N–H and O–H groups in total. The van der Waals surface area contributed by atoms with Gasteiger partial charge in [0.1, 0.15) is 0 Å². The van der Waals surface area contributed by atoms with Gasteiger partial charge in [0.2, 0.25) is 5.88 Å². The normalized spacial score (nSPS) is 32.0. The van der Waals surface area contributed by atoms with Crippen LogP contribution in [-0.4, -0.2) is 20.6 Å². The molecule has 2 aliphatic carbocycles. The summed E-state index contributed by atoms with van der Waals surface area (Å²) in [4.78, 5) is 0. The van der Waals surface area contributed by atoms with E-state index < -0.39 is 0 Å². The van der Waals surface area contributed by atoms with Crippen LogP contribution in [0, 0.1) is 23.2 Å². The number of hydrogen-bond acceptors (Lipinski definition) is 3. The Labute approximate surface area is 100 Å². The van der Waals surface area contributed by atoms with E-state index in [2.05, 4.69) is 5.10 Å². The fourth-order valence-corrected chi connectivity index (χ4v) is 3.34. The molecule has 3 rings (SSSR count). The molecule has 0 aliphatic heterocycles. The zero-order valence-corrected chi connectivity index (χ0v) is 9.71. The van der Waals surface area contributed by atoms with Crippen molar-refractivity contribution in [2.45, 2.75) is 25.7 Å². The zero-order chi connectivity index (χ0) is 11.8. The Balaban J connectivity index is 1.73. The van der Waals surface area contributed by atoms with E-state index in [1.54, 1.807) is 24.5 Å². The van der Waals surface area contributed by atoms with Crippen molar-refractivity contribution < 1.29 is 5.11 Å². The Morgan fingerprint density at radius 1 is 1.41 bits per heavy atom. The van der Waals surface area contributed by atoms with Gasteiger partial charge in [0.05, 0.1) is 0 Å². The number of nitrogens with one attached hydrogen (secondary N) is 1. The fourth-order valence-electron chi connectivity index (χ4n) is 3.34. The van der Waals surface area contributed by atoms with Gasteiger partial charge >= 0.3 is 0 Å². The molecule has 0 radical (unpaired) electrons. The molecule has 4 nitrogen and oxygen atoms in total. The van der Waals surface area contributed by atoms with Crippen molar-refractivity contribution in [3.05, 3.63) is 24.5 Å². The summed E-state index contributed by atoms with van der Waals surface area (Å²) >= 11 is 0. The molecule has 0 spiro atoms. The number of nitrogens with zero attached hydrogens (tertiary/aromatic N) is 2. The molecule has 2 bridgehead atoms. The van der Waals surface area contributed by atoms with Gasteiger partial charge in [0.25, 0.3) is 0 Å². The molecular weight excluding hydrogens is 214 g/mol. The highest BCUT2D eigenvalue weighted by molar-refractivity contribution is 5.97. The van der Waals surface area contributed by atoms with Crippen molar-refractivity contribution in [2.24, 2.45) is 17.8 Å². The Kier molecular flexibility index (Phi) is 2.50. The second-order valence-electron chi connectivity index (χ2n) is 5.19. The summed E-state index contributed by atoms with van der Waals surface area (Å²) < 4.78 is 1.39. The first-order valence-electron chi connectivity index (χ1n) is 6.23. The molecule has 17 heavy (non-hydrogen) atoms. The number of hydrogen-bond donors (Lipinski definition) is 2. The first-order chi connectivity index (χ1) is 8.24. The van der Waals surface area contributed by atoms with Gasteiger partial charge in [0, 0.05) is 30.1 Å². The fraction of sp³-hybridized carbons (Fsp3) is 0.538. The second-order valence-corrected chi connectivity index (χ2v) is 5.19. The number of aromatic nitrogens is 2. The lowest BCUT2D eigenvalue weighted by Gasteiger charge is -2.20. The van der Waals surface area contributed by atoms with E-state index in [1.807, 2.05) is 0 Å². The maximum Gasteiger partial charge on any atom is 0.213 e. The molecule has 0 aromatic carbocycles. The van der Waals surface area contributed by atoms with Crippen LogP contribution in [0.2, 0.25) is 0 Å². The summed E-state index contributed by atoms with van der Waals surface area (Å²) in [6.45, 7) is 0. The SMILES string of the molecule is N=C(/C=C(/O)n1cccn1)C1CC2CCC1C2. The van der Waals surface area contributed by atoms with E-state index >= 15 is 0 Å². The minimum atomic E-state index is 0.0442. The van der Waals surface area contributed by atoms with Crippen LogP contribution in [0.1, 0.15) is 25.7 Å². The van der Waals surface area contributed by atoms with Gasteiger partial charge in [-0.15, -0.1) is 0 Å². The Morgan fingerprint density at radius 2 is 2.29 bits per heavy atom.